The first kappa shape index (κ1) is 18.7. The minimum Gasteiger partial charge on any atom is -0.352 e. The third kappa shape index (κ3) is 5.18. The van der Waals surface area contributed by atoms with Crippen LogP contribution < -0.4 is 10.2 Å². The number of hydrogen-bond donors (Lipinski definition) is 1. The summed E-state index contributed by atoms with van der Waals surface area (Å²) in [7, 11) is 0. The number of anilines is 1. The Morgan fingerprint density at radius 2 is 1.68 bits per heavy atom. The molecule has 0 saturated carbocycles. The number of nitrogens with one attached hydrogen (secondary N) is 1. The quantitative estimate of drug-likeness (QED) is 0.873. The van der Waals surface area contributed by atoms with Crippen LogP contribution in [0.1, 0.15) is 35.6 Å². The monoisotopic (exact) mass is 338 g/mol. The van der Waals surface area contributed by atoms with Crippen molar-refractivity contribution in [3.8, 4) is 0 Å². The normalized spacial score (nSPS) is 10.4. The summed E-state index contributed by atoms with van der Waals surface area (Å²) >= 11 is 0. The molecule has 0 spiro atoms. The number of amides is 2. The molecule has 0 aromatic heterocycles. The molecule has 0 atom stereocenters. The van der Waals surface area contributed by atoms with Crippen LogP contribution in [-0.4, -0.2) is 18.4 Å². The van der Waals surface area contributed by atoms with Gasteiger partial charge in [-0.2, -0.15) is 0 Å². The van der Waals surface area contributed by atoms with Gasteiger partial charge in [0.25, 0.3) is 0 Å². The average molecular weight is 338 g/mol. The highest BCUT2D eigenvalue weighted by Gasteiger charge is 2.16. The van der Waals surface area contributed by atoms with Crippen LogP contribution in [0.5, 0.6) is 0 Å². The van der Waals surface area contributed by atoms with Gasteiger partial charge >= 0.3 is 0 Å². The Balaban J connectivity index is 1.94. The Kier molecular flexibility index (Phi) is 6.34. The Morgan fingerprint density at radius 1 is 1.00 bits per heavy atom. The van der Waals surface area contributed by atoms with Crippen LogP contribution >= 0.6 is 0 Å². The number of nitrogens with zero attached hydrogens (tertiary/aromatic N) is 1. The Labute approximate surface area is 149 Å². The van der Waals surface area contributed by atoms with Crippen LogP contribution in [-0.2, 0) is 16.1 Å². The topological polar surface area (TPSA) is 49.4 Å². The summed E-state index contributed by atoms with van der Waals surface area (Å²) in [5, 5.41) is 2.91. The molecule has 0 unspecified atom stereocenters. The van der Waals surface area contributed by atoms with E-state index in [1.165, 1.54) is 12.5 Å². The van der Waals surface area contributed by atoms with Crippen molar-refractivity contribution in [1.29, 1.82) is 0 Å². The number of hydrogen-bond acceptors (Lipinski definition) is 2. The van der Waals surface area contributed by atoms with E-state index < -0.39 is 0 Å². The number of rotatable bonds is 6. The molecule has 2 rings (SSSR count). The molecule has 4 nitrogen and oxygen atoms in total. The standard InChI is InChI=1S/C21H26N2O2/c1-15-8-10-19(11-9-15)14-22-21(25)12-13-23(18(4)24)20-7-5-6-16(2)17(20)3/h5-11H,12-14H2,1-4H3,(H,22,25). The summed E-state index contributed by atoms with van der Waals surface area (Å²) in [4.78, 5) is 25.8. The lowest BCUT2D eigenvalue weighted by Gasteiger charge is -2.23. The molecule has 25 heavy (non-hydrogen) atoms. The van der Waals surface area contributed by atoms with Gasteiger partial charge < -0.3 is 10.2 Å². The van der Waals surface area contributed by atoms with Crippen molar-refractivity contribution in [1.82, 2.24) is 5.32 Å². The highest BCUT2D eigenvalue weighted by Crippen LogP contribution is 2.23. The van der Waals surface area contributed by atoms with Crippen molar-refractivity contribution in [3.05, 3.63) is 64.7 Å². The SMILES string of the molecule is CC(=O)N(CCC(=O)NCc1ccc(C)cc1)c1cccc(C)c1C. The first-order valence-corrected chi connectivity index (χ1v) is 8.55. The summed E-state index contributed by atoms with van der Waals surface area (Å²) in [6, 6.07) is 13.9. The van der Waals surface area contributed by atoms with E-state index >= 15 is 0 Å². The lowest BCUT2D eigenvalue weighted by molar-refractivity contribution is -0.121. The van der Waals surface area contributed by atoms with Crippen molar-refractivity contribution in [2.45, 2.75) is 40.7 Å². The zero-order chi connectivity index (χ0) is 18.4. The molecule has 0 fully saturated rings. The van der Waals surface area contributed by atoms with Crippen LogP contribution in [0.4, 0.5) is 5.69 Å². The van der Waals surface area contributed by atoms with E-state index in [1.807, 2.05) is 63.2 Å². The maximum absolute atomic E-state index is 12.1. The fourth-order valence-electron chi connectivity index (χ4n) is 2.68. The van der Waals surface area contributed by atoms with Crippen LogP contribution in [0.15, 0.2) is 42.5 Å². The molecule has 1 N–H and O–H groups in total. The van der Waals surface area contributed by atoms with Crippen LogP contribution in [0.25, 0.3) is 0 Å². The van der Waals surface area contributed by atoms with Gasteiger partial charge in [0.15, 0.2) is 0 Å². The maximum Gasteiger partial charge on any atom is 0.223 e. The molecule has 0 aliphatic rings. The van der Waals surface area contributed by atoms with Gasteiger partial charge in [-0.15, -0.1) is 0 Å². The van der Waals surface area contributed by atoms with E-state index in [1.54, 1.807) is 4.90 Å². The first-order valence-electron chi connectivity index (χ1n) is 8.55. The van der Waals surface area contributed by atoms with E-state index in [9.17, 15) is 9.59 Å². The van der Waals surface area contributed by atoms with Gasteiger partial charge in [-0.3, -0.25) is 9.59 Å². The molecule has 0 aliphatic carbocycles. The molecule has 0 saturated heterocycles. The summed E-state index contributed by atoms with van der Waals surface area (Å²) in [6.07, 6.45) is 0.277. The van der Waals surface area contributed by atoms with Gasteiger partial charge in [0, 0.05) is 32.1 Å². The molecule has 2 aromatic rings. The lowest BCUT2D eigenvalue weighted by Crippen LogP contribution is -2.34. The second-order valence-electron chi connectivity index (χ2n) is 6.40. The van der Waals surface area contributed by atoms with Crippen molar-refractivity contribution in [2.75, 3.05) is 11.4 Å². The third-order valence-corrected chi connectivity index (χ3v) is 4.42. The van der Waals surface area contributed by atoms with Crippen molar-refractivity contribution < 1.29 is 9.59 Å². The highest BCUT2D eigenvalue weighted by atomic mass is 16.2. The average Bonchev–Trinajstić information content (AvgIpc) is 2.58. The molecular weight excluding hydrogens is 312 g/mol. The minimum atomic E-state index is -0.0582. The fraction of sp³-hybridized carbons (Fsp3) is 0.333. The highest BCUT2D eigenvalue weighted by molar-refractivity contribution is 5.93. The van der Waals surface area contributed by atoms with Crippen LogP contribution in [0, 0.1) is 20.8 Å². The van der Waals surface area contributed by atoms with E-state index in [4.69, 9.17) is 0 Å². The smallest absolute Gasteiger partial charge is 0.223 e. The number of aryl methyl sites for hydroxylation is 2. The minimum absolute atomic E-state index is 0.0555. The van der Waals surface area contributed by atoms with E-state index in [0.717, 1.165) is 22.4 Å². The second-order valence-corrected chi connectivity index (χ2v) is 6.40. The van der Waals surface area contributed by atoms with Crippen LogP contribution in [0.2, 0.25) is 0 Å². The van der Waals surface area contributed by atoms with Gasteiger partial charge in [-0.25, -0.2) is 0 Å². The lowest BCUT2D eigenvalue weighted by atomic mass is 10.1. The van der Waals surface area contributed by atoms with Gasteiger partial charge in [-0.1, -0.05) is 42.0 Å². The number of carbonyl (C=O) groups excluding carboxylic acids is 2. The summed E-state index contributed by atoms with van der Waals surface area (Å²) < 4.78 is 0. The third-order valence-electron chi connectivity index (χ3n) is 4.42. The zero-order valence-corrected chi connectivity index (χ0v) is 15.4. The van der Waals surface area contributed by atoms with E-state index in [2.05, 4.69) is 5.32 Å². The van der Waals surface area contributed by atoms with Crippen molar-refractivity contribution >= 4 is 17.5 Å². The molecule has 2 amide bonds. The second kappa shape index (κ2) is 8.47. The molecule has 0 aliphatic heterocycles. The van der Waals surface area contributed by atoms with Gasteiger partial charge in [0.2, 0.25) is 11.8 Å². The molecule has 132 valence electrons. The predicted octanol–water partition coefficient (Wildman–Crippen LogP) is 3.67. The van der Waals surface area contributed by atoms with Crippen molar-refractivity contribution in [3.63, 3.8) is 0 Å². The molecule has 2 aromatic carbocycles. The molecule has 4 heteroatoms. The van der Waals surface area contributed by atoms with E-state index in [0.29, 0.717) is 13.1 Å². The number of carbonyl (C=O) groups is 2. The molecule has 0 radical (unpaired) electrons. The summed E-state index contributed by atoms with van der Waals surface area (Å²) in [5.41, 5.74) is 5.33. The molecular formula is C21H26N2O2. The van der Waals surface area contributed by atoms with Gasteiger partial charge in [0.1, 0.15) is 0 Å². The fourth-order valence-corrected chi connectivity index (χ4v) is 2.68. The van der Waals surface area contributed by atoms with Gasteiger partial charge in [-0.05, 0) is 43.5 Å². The molecule has 0 heterocycles. The molecule has 0 bridgehead atoms. The van der Waals surface area contributed by atoms with Crippen LogP contribution in [0.3, 0.4) is 0 Å². The summed E-state index contributed by atoms with van der Waals surface area (Å²) in [5.74, 6) is -0.114. The maximum atomic E-state index is 12.1. The Hall–Kier alpha value is -2.62. The largest absolute Gasteiger partial charge is 0.352 e. The first-order chi connectivity index (χ1) is 11.9. The van der Waals surface area contributed by atoms with Crippen molar-refractivity contribution in [2.24, 2.45) is 0 Å². The van der Waals surface area contributed by atoms with Gasteiger partial charge in [0.05, 0.1) is 0 Å². The predicted molar refractivity (Wildman–Crippen MR) is 102 cm³/mol. The Morgan fingerprint density at radius 3 is 2.32 bits per heavy atom. The van der Waals surface area contributed by atoms with E-state index in [-0.39, 0.29) is 18.2 Å². The number of benzene rings is 2. The zero-order valence-electron chi connectivity index (χ0n) is 15.4. The Bertz CT molecular complexity index is 751. The summed E-state index contributed by atoms with van der Waals surface area (Å²) in [6.45, 7) is 8.46.